The second kappa shape index (κ2) is 5.71. The number of nitrogens with zero attached hydrogens (tertiary/aromatic N) is 5. The minimum atomic E-state index is 0.671. The summed E-state index contributed by atoms with van der Waals surface area (Å²) in [6.45, 7) is 0. The maximum absolute atomic E-state index is 4.87. The van der Waals surface area contributed by atoms with Gasteiger partial charge in [0, 0.05) is 33.3 Å². The van der Waals surface area contributed by atoms with Crippen molar-refractivity contribution < 1.29 is 0 Å². The molecule has 3 N–H and O–H groups in total. The molecule has 30 heavy (non-hydrogen) atoms. The smallest absolute Gasteiger partial charge is 0.160 e. The maximum atomic E-state index is 4.87. The number of pyridine rings is 3. The molecule has 0 aliphatic heterocycles. The lowest BCUT2D eigenvalue weighted by Gasteiger charge is -1.95. The van der Waals surface area contributed by atoms with Crippen LogP contribution < -0.4 is 0 Å². The molecule has 0 amide bonds. The zero-order valence-corrected chi connectivity index (χ0v) is 16.2. The van der Waals surface area contributed by atoms with E-state index in [0.717, 1.165) is 58.9 Å². The zero-order chi connectivity index (χ0) is 19.7. The Morgan fingerprint density at radius 1 is 0.833 bits per heavy atom. The van der Waals surface area contributed by atoms with Crippen molar-refractivity contribution in [2.75, 3.05) is 0 Å². The van der Waals surface area contributed by atoms with Crippen LogP contribution in [0.3, 0.4) is 0 Å². The molecule has 0 unspecified atom stereocenters. The molecule has 0 fully saturated rings. The van der Waals surface area contributed by atoms with Crippen LogP contribution in [0.25, 0.3) is 64.6 Å². The van der Waals surface area contributed by atoms with E-state index in [1.54, 1.807) is 23.7 Å². The number of rotatable bonds is 0. The summed E-state index contributed by atoms with van der Waals surface area (Å²) in [5, 5.41) is 10.5. The highest BCUT2D eigenvalue weighted by molar-refractivity contribution is 7.23. The largest absolute Gasteiger partial charge is 0.346 e. The maximum Gasteiger partial charge on any atom is 0.160 e. The Labute approximate surface area is 171 Å². The van der Waals surface area contributed by atoms with Gasteiger partial charge in [0.1, 0.15) is 11.0 Å². The first kappa shape index (κ1) is 15.8. The van der Waals surface area contributed by atoms with E-state index in [4.69, 9.17) is 4.98 Å². The first-order chi connectivity index (χ1) is 14.8. The fourth-order valence-corrected chi connectivity index (χ4v) is 4.77. The van der Waals surface area contributed by atoms with E-state index < -0.39 is 0 Å². The average Bonchev–Trinajstić information content (AvgIpc) is 3.50. The number of aromatic nitrogens is 8. The van der Waals surface area contributed by atoms with Crippen LogP contribution in [0.1, 0.15) is 0 Å². The second-order valence-corrected chi connectivity index (χ2v) is 8.16. The summed E-state index contributed by atoms with van der Waals surface area (Å²) in [6.07, 6.45) is 7.21. The number of hydrogen-bond donors (Lipinski definition) is 3. The Hall–Kier alpha value is -4.11. The molecule has 8 bridgehead atoms. The molecular weight excluding hydrogens is 396 g/mol. The van der Waals surface area contributed by atoms with Gasteiger partial charge in [-0.3, -0.25) is 15.1 Å². The Morgan fingerprint density at radius 2 is 1.83 bits per heavy atom. The fraction of sp³-hybridized carbons (Fsp3) is 0. The number of aromatic amines is 3. The van der Waals surface area contributed by atoms with Crippen molar-refractivity contribution in [3.63, 3.8) is 0 Å². The standard InChI is InChI=1S/C21H12N8S/c1-2-17-25-11-5-10(7-22-8-11)14-6-13-15(9-24-14)28-29-19(13)21-26-18-12(16(1)30-17)3-4-23-20(18)27-21/h1-9,25H,(H,28,29)(H,23,26,27). The van der Waals surface area contributed by atoms with Crippen molar-refractivity contribution >= 4 is 75.9 Å². The van der Waals surface area contributed by atoms with Crippen LogP contribution in [-0.2, 0) is 0 Å². The number of thiophene rings is 1. The molecule has 9 heteroatoms. The Kier molecular flexibility index (Phi) is 3.00. The van der Waals surface area contributed by atoms with Gasteiger partial charge in [0.05, 0.1) is 33.8 Å². The summed E-state index contributed by atoms with van der Waals surface area (Å²) in [5.41, 5.74) is 5.54. The van der Waals surface area contributed by atoms with Gasteiger partial charge < -0.3 is 9.97 Å². The molecule has 0 saturated heterocycles. The molecule has 0 aliphatic carbocycles. The van der Waals surface area contributed by atoms with E-state index in [9.17, 15) is 0 Å². The third-order valence-electron chi connectivity index (χ3n) is 5.23. The van der Waals surface area contributed by atoms with Crippen LogP contribution in [0, 0.1) is 0 Å². The molecule has 0 atom stereocenters. The molecule has 0 radical (unpaired) electrons. The van der Waals surface area contributed by atoms with E-state index >= 15 is 0 Å². The highest BCUT2D eigenvalue weighted by atomic mass is 32.1. The number of nitrogens with one attached hydrogen (secondary N) is 3. The van der Waals surface area contributed by atoms with Crippen molar-refractivity contribution in [3.05, 3.63) is 55.1 Å². The lowest BCUT2D eigenvalue weighted by atomic mass is 10.2. The summed E-state index contributed by atoms with van der Waals surface area (Å²) >= 11 is 1.66. The first-order valence-corrected chi connectivity index (χ1v) is 10.2. The second-order valence-electron chi connectivity index (χ2n) is 7.08. The van der Waals surface area contributed by atoms with Crippen LogP contribution in [-0.4, -0.2) is 40.1 Å². The molecule has 7 rings (SSSR count). The Balaban J connectivity index is 1.80. The quantitative estimate of drug-likeness (QED) is 0.335. The molecule has 0 aromatic carbocycles. The molecule has 0 aliphatic rings. The monoisotopic (exact) mass is 408 g/mol. The van der Waals surface area contributed by atoms with Gasteiger partial charge in [0.25, 0.3) is 0 Å². The van der Waals surface area contributed by atoms with E-state index in [0.29, 0.717) is 5.65 Å². The van der Waals surface area contributed by atoms with E-state index in [1.165, 1.54) is 0 Å². The van der Waals surface area contributed by atoms with Crippen molar-refractivity contribution in [2.24, 2.45) is 0 Å². The van der Waals surface area contributed by atoms with Gasteiger partial charge in [-0.1, -0.05) is 0 Å². The average molecular weight is 408 g/mol. The summed E-state index contributed by atoms with van der Waals surface area (Å²) in [5.74, 6) is 0. The fourth-order valence-electron chi connectivity index (χ4n) is 3.82. The third kappa shape index (κ3) is 2.23. The van der Waals surface area contributed by atoms with Crippen LogP contribution in [0.5, 0.6) is 0 Å². The van der Waals surface area contributed by atoms with Crippen molar-refractivity contribution in [1.29, 1.82) is 0 Å². The predicted molar refractivity (Wildman–Crippen MR) is 119 cm³/mol. The molecule has 142 valence electrons. The lowest BCUT2D eigenvalue weighted by Crippen LogP contribution is -1.80. The van der Waals surface area contributed by atoms with Crippen molar-refractivity contribution in [3.8, 4) is 0 Å². The minimum Gasteiger partial charge on any atom is -0.346 e. The van der Waals surface area contributed by atoms with Gasteiger partial charge in [-0.25, -0.2) is 9.97 Å². The van der Waals surface area contributed by atoms with Gasteiger partial charge in [0.15, 0.2) is 11.3 Å². The van der Waals surface area contributed by atoms with Crippen LogP contribution in [0.4, 0.5) is 0 Å². The highest BCUT2D eigenvalue weighted by Gasteiger charge is 2.10. The van der Waals surface area contributed by atoms with Gasteiger partial charge in [-0.15, -0.1) is 11.3 Å². The Bertz CT molecular complexity index is 1820. The van der Waals surface area contributed by atoms with Gasteiger partial charge in [-0.2, -0.15) is 5.10 Å². The molecule has 7 aromatic rings. The van der Waals surface area contributed by atoms with Crippen molar-refractivity contribution in [1.82, 2.24) is 40.1 Å². The predicted octanol–water partition coefficient (Wildman–Crippen LogP) is 4.75. The van der Waals surface area contributed by atoms with E-state index in [-0.39, 0.29) is 0 Å². The molecule has 7 heterocycles. The summed E-state index contributed by atoms with van der Waals surface area (Å²) in [4.78, 5) is 26.2. The van der Waals surface area contributed by atoms with Gasteiger partial charge >= 0.3 is 0 Å². The van der Waals surface area contributed by atoms with Gasteiger partial charge in [-0.05, 0) is 30.3 Å². The number of imidazole rings is 1. The van der Waals surface area contributed by atoms with Crippen LogP contribution in [0.15, 0.2) is 55.1 Å². The van der Waals surface area contributed by atoms with Crippen LogP contribution in [0.2, 0.25) is 0 Å². The zero-order valence-electron chi connectivity index (χ0n) is 15.3. The number of fused-ring (bicyclic) bond motifs is 9. The minimum absolute atomic E-state index is 0.671. The normalized spacial score (nSPS) is 12.0. The molecule has 8 nitrogen and oxygen atoms in total. The van der Waals surface area contributed by atoms with Crippen molar-refractivity contribution in [2.45, 2.75) is 0 Å². The number of hydrogen-bond acceptors (Lipinski definition) is 6. The number of H-pyrrole nitrogens is 3. The lowest BCUT2D eigenvalue weighted by molar-refractivity contribution is 1.14. The summed E-state index contributed by atoms with van der Waals surface area (Å²) in [6, 6.07) is 10.2. The van der Waals surface area contributed by atoms with E-state index in [1.807, 2.05) is 24.5 Å². The van der Waals surface area contributed by atoms with E-state index in [2.05, 4.69) is 53.3 Å². The SMILES string of the molecule is c1cc2c3ccc([nH]c4cncc(c4)c4cc5c(cn4)[nH]nc5c4nc2c(n1)[nH]4)s3. The van der Waals surface area contributed by atoms with Crippen LogP contribution >= 0.6 is 11.3 Å². The molecule has 7 aromatic heterocycles. The molecule has 0 saturated carbocycles. The van der Waals surface area contributed by atoms with Gasteiger partial charge in [0.2, 0.25) is 0 Å². The Morgan fingerprint density at radius 3 is 2.83 bits per heavy atom. The molecule has 0 spiro atoms. The first-order valence-electron chi connectivity index (χ1n) is 9.34. The summed E-state index contributed by atoms with van der Waals surface area (Å²) in [7, 11) is 0. The molecular formula is C21H12N8S. The summed E-state index contributed by atoms with van der Waals surface area (Å²) < 4.78 is 1.11. The topological polar surface area (TPSA) is 112 Å². The highest BCUT2D eigenvalue weighted by Crippen LogP contribution is 2.28. The third-order valence-corrected chi connectivity index (χ3v) is 6.26.